The summed E-state index contributed by atoms with van der Waals surface area (Å²) in [6.07, 6.45) is 0. The molecule has 108 valence electrons. The average Bonchev–Trinajstić information content (AvgIpc) is 2.53. The monoisotopic (exact) mass is 277 g/mol. The lowest BCUT2D eigenvalue weighted by molar-refractivity contribution is -0.123. The second-order valence-corrected chi connectivity index (χ2v) is 4.91. The van der Waals surface area contributed by atoms with Gasteiger partial charge in [0.1, 0.15) is 13.2 Å². The first-order valence-electron chi connectivity index (χ1n) is 6.93. The number of rotatable bonds is 3. The summed E-state index contributed by atoms with van der Waals surface area (Å²) < 4.78 is 11.0. The third-order valence-corrected chi connectivity index (χ3v) is 3.43. The van der Waals surface area contributed by atoms with E-state index in [1.165, 1.54) is 0 Å². The largest absolute Gasteiger partial charge is 0.486 e. The van der Waals surface area contributed by atoms with E-state index in [-0.39, 0.29) is 11.9 Å². The number of nitrogens with one attached hydrogen (secondary N) is 3. The number of piperazine rings is 1. The van der Waals surface area contributed by atoms with E-state index in [1.807, 2.05) is 18.2 Å². The van der Waals surface area contributed by atoms with E-state index < -0.39 is 0 Å². The van der Waals surface area contributed by atoms with Gasteiger partial charge >= 0.3 is 0 Å². The topological polar surface area (TPSA) is 71.6 Å². The minimum absolute atomic E-state index is 0.0205. The van der Waals surface area contributed by atoms with Crippen LogP contribution in [0.1, 0.15) is 5.56 Å². The Morgan fingerprint density at radius 3 is 2.90 bits per heavy atom. The number of carbonyl (C=O) groups is 1. The maximum atomic E-state index is 12.0. The summed E-state index contributed by atoms with van der Waals surface area (Å²) in [6, 6.07) is 5.60. The van der Waals surface area contributed by atoms with Crippen molar-refractivity contribution in [2.75, 3.05) is 32.8 Å². The van der Waals surface area contributed by atoms with Crippen molar-refractivity contribution < 1.29 is 14.3 Å². The van der Waals surface area contributed by atoms with Crippen molar-refractivity contribution in [1.29, 1.82) is 0 Å². The molecule has 6 nitrogen and oxygen atoms in total. The fraction of sp³-hybridized carbons (Fsp3) is 0.500. The summed E-state index contributed by atoms with van der Waals surface area (Å²) in [5.74, 6) is 1.54. The van der Waals surface area contributed by atoms with Crippen LogP contribution in [0.5, 0.6) is 11.5 Å². The second-order valence-electron chi connectivity index (χ2n) is 4.91. The smallest absolute Gasteiger partial charge is 0.238 e. The van der Waals surface area contributed by atoms with Gasteiger partial charge in [-0.3, -0.25) is 4.79 Å². The zero-order chi connectivity index (χ0) is 13.8. The molecule has 2 heterocycles. The molecular weight excluding hydrogens is 258 g/mol. The van der Waals surface area contributed by atoms with Gasteiger partial charge in [-0.25, -0.2) is 0 Å². The molecule has 1 saturated heterocycles. The molecule has 1 atom stereocenters. The Bertz CT molecular complexity index is 487. The molecule has 0 spiro atoms. The van der Waals surface area contributed by atoms with Crippen LogP contribution in [0.4, 0.5) is 0 Å². The summed E-state index contributed by atoms with van der Waals surface area (Å²) in [4.78, 5) is 12.0. The third kappa shape index (κ3) is 3.02. The molecule has 0 bridgehead atoms. The molecule has 1 aromatic rings. The first kappa shape index (κ1) is 13.2. The number of hydrogen-bond donors (Lipinski definition) is 3. The lowest BCUT2D eigenvalue weighted by Crippen LogP contribution is -2.55. The predicted molar refractivity (Wildman–Crippen MR) is 73.9 cm³/mol. The summed E-state index contributed by atoms with van der Waals surface area (Å²) in [7, 11) is 0. The summed E-state index contributed by atoms with van der Waals surface area (Å²) >= 11 is 0. The Morgan fingerprint density at radius 2 is 2.10 bits per heavy atom. The lowest BCUT2D eigenvalue weighted by Gasteiger charge is -2.23. The van der Waals surface area contributed by atoms with Crippen molar-refractivity contribution in [2.24, 2.45) is 0 Å². The molecule has 0 aromatic heterocycles. The SMILES string of the molecule is O=C(NCc1ccc2c(c1)OCCO2)C1CNCCN1. The maximum Gasteiger partial charge on any atom is 0.238 e. The minimum atomic E-state index is -0.152. The van der Waals surface area contributed by atoms with Crippen LogP contribution in [-0.4, -0.2) is 44.8 Å². The van der Waals surface area contributed by atoms with Gasteiger partial charge < -0.3 is 25.4 Å². The molecule has 1 fully saturated rings. The Hall–Kier alpha value is -1.79. The number of fused-ring (bicyclic) bond motifs is 1. The molecule has 1 aromatic carbocycles. The van der Waals surface area contributed by atoms with E-state index in [0.29, 0.717) is 26.3 Å². The minimum Gasteiger partial charge on any atom is -0.486 e. The van der Waals surface area contributed by atoms with Gasteiger partial charge in [-0.1, -0.05) is 6.07 Å². The Labute approximate surface area is 117 Å². The van der Waals surface area contributed by atoms with Crippen LogP contribution in [0, 0.1) is 0 Å². The Morgan fingerprint density at radius 1 is 1.25 bits per heavy atom. The molecule has 20 heavy (non-hydrogen) atoms. The van der Waals surface area contributed by atoms with E-state index in [1.54, 1.807) is 0 Å². The van der Waals surface area contributed by atoms with E-state index in [4.69, 9.17) is 9.47 Å². The van der Waals surface area contributed by atoms with E-state index in [0.717, 1.165) is 30.2 Å². The standard InChI is InChI=1S/C14H19N3O3/c18-14(11-9-15-3-4-16-11)17-8-10-1-2-12-13(7-10)20-6-5-19-12/h1-2,7,11,15-16H,3-6,8-9H2,(H,17,18). The predicted octanol–water partition coefficient (Wildman–Crippen LogP) is -0.365. The molecule has 0 aliphatic carbocycles. The second kappa shape index (κ2) is 6.11. The highest BCUT2D eigenvalue weighted by molar-refractivity contribution is 5.82. The fourth-order valence-electron chi connectivity index (χ4n) is 2.35. The zero-order valence-electron chi connectivity index (χ0n) is 11.3. The van der Waals surface area contributed by atoms with Gasteiger partial charge in [0.15, 0.2) is 11.5 Å². The number of hydrogen-bond acceptors (Lipinski definition) is 5. The van der Waals surface area contributed by atoms with Gasteiger partial charge in [-0.15, -0.1) is 0 Å². The van der Waals surface area contributed by atoms with E-state index >= 15 is 0 Å². The molecule has 1 amide bonds. The van der Waals surface area contributed by atoms with Crippen LogP contribution < -0.4 is 25.4 Å². The van der Waals surface area contributed by atoms with Gasteiger partial charge in [0.05, 0.1) is 6.04 Å². The van der Waals surface area contributed by atoms with Gasteiger partial charge in [-0.2, -0.15) is 0 Å². The highest BCUT2D eigenvalue weighted by Gasteiger charge is 2.20. The van der Waals surface area contributed by atoms with Crippen molar-refractivity contribution in [1.82, 2.24) is 16.0 Å². The fourth-order valence-corrected chi connectivity index (χ4v) is 2.35. The van der Waals surface area contributed by atoms with Crippen LogP contribution in [0.25, 0.3) is 0 Å². The van der Waals surface area contributed by atoms with Crippen molar-refractivity contribution in [3.8, 4) is 11.5 Å². The van der Waals surface area contributed by atoms with Gasteiger partial charge in [0, 0.05) is 26.2 Å². The van der Waals surface area contributed by atoms with Crippen LogP contribution in [0.15, 0.2) is 18.2 Å². The van der Waals surface area contributed by atoms with Gasteiger partial charge in [0.2, 0.25) is 5.91 Å². The Kier molecular flexibility index (Phi) is 4.03. The first-order valence-corrected chi connectivity index (χ1v) is 6.93. The van der Waals surface area contributed by atoms with Crippen molar-refractivity contribution >= 4 is 5.91 Å². The van der Waals surface area contributed by atoms with E-state index in [2.05, 4.69) is 16.0 Å². The molecule has 2 aliphatic rings. The summed E-state index contributed by atoms with van der Waals surface area (Å²) in [5.41, 5.74) is 1.01. The zero-order valence-corrected chi connectivity index (χ0v) is 11.3. The number of amides is 1. The molecule has 3 N–H and O–H groups in total. The number of benzene rings is 1. The van der Waals surface area contributed by atoms with Crippen molar-refractivity contribution in [3.05, 3.63) is 23.8 Å². The number of ether oxygens (including phenoxy) is 2. The Balaban J connectivity index is 1.56. The quantitative estimate of drug-likeness (QED) is 0.703. The van der Waals surface area contributed by atoms with Crippen molar-refractivity contribution in [3.63, 3.8) is 0 Å². The van der Waals surface area contributed by atoms with Crippen LogP contribution in [-0.2, 0) is 11.3 Å². The van der Waals surface area contributed by atoms with Crippen molar-refractivity contribution in [2.45, 2.75) is 12.6 Å². The maximum absolute atomic E-state index is 12.0. The molecule has 0 saturated carbocycles. The molecular formula is C14H19N3O3. The molecule has 2 aliphatic heterocycles. The highest BCUT2D eigenvalue weighted by atomic mass is 16.6. The number of carbonyl (C=O) groups excluding carboxylic acids is 1. The highest BCUT2D eigenvalue weighted by Crippen LogP contribution is 2.30. The molecule has 1 unspecified atom stereocenters. The summed E-state index contributed by atoms with van der Waals surface area (Å²) in [5, 5.41) is 9.32. The normalized spacial score (nSPS) is 21.3. The lowest BCUT2D eigenvalue weighted by atomic mass is 10.1. The first-order chi connectivity index (χ1) is 9.83. The van der Waals surface area contributed by atoms with Gasteiger partial charge in [-0.05, 0) is 17.7 Å². The molecule has 3 rings (SSSR count). The average molecular weight is 277 g/mol. The summed E-state index contributed by atoms with van der Waals surface area (Å²) in [6.45, 7) is 4.05. The molecule has 0 radical (unpaired) electrons. The molecule has 6 heteroatoms. The van der Waals surface area contributed by atoms with Gasteiger partial charge in [0.25, 0.3) is 0 Å². The third-order valence-electron chi connectivity index (χ3n) is 3.43. The van der Waals surface area contributed by atoms with Crippen LogP contribution in [0.2, 0.25) is 0 Å². The van der Waals surface area contributed by atoms with Crippen LogP contribution in [0.3, 0.4) is 0 Å². The van der Waals surface area contributed by atoms with Crippen LogP contribution >= 0.6 is 0 Å². The van der Waals surface area contributed by atoms with E-state index in [9.17, 15) is 4.79 Å².